The molecule has 0 fully saturated rings. The molecule has 0 amide bonds. The van der Waals surface area contributed by atoms with Crippen LogP contribution >= 0.6 is 0 Å². The molecule has 0 saturated heterocycles. The Morgan fingerprint density at radius 2 is 1.49 bits per heavy atom. The topological polar surface area (TPSA) is 54.6 Å². The fourth-order valence-corrected chi connectivity index (χ4v) is 5.09. The molecular weight excluding hydrogens is 637 g/mol. The number of fused-ring (bicyclic) bond motifs is 7. The van der Waals surface area contributed by atoms with Gasteiger partial charge in [0.2, 0.25) is 0 Å². The molecule has 0 atom stereocenters. The van der Waals surface area contributed by atoms with Crippen molar-refractivity contribution in [3.05, 3.63) is 109 Å². The molecule has 37 heavy (non-hydrogen) atoms. The van der Waals surface area contributed by atoms with Crippen LogP contribution in [0, 0.1) is 6.07 Å². The largest absolute Gasteiger partial charge is 0.512 e. The number of allylic oxidation sites excluding steroid dienone is 2. The molecule has 4 aromatic carbocycles. The number of hydrogen-bond acceptors (Lipinski definition) is 3. The summed E-state index contributed by atoms with van der Waals surface area (Å²) in [6.45, 7) is 2.85. The second-order valence-electron chi connectivity index (χ2n) is 8.97. The first-order chi connectivity index (χ1) is 17.5. The molecule has 183 valence electrons. The number of rotatable bonds is 2. The number of aromatic nitrogens is 2. The molecule has 7 aromatic rings. The molecule has 1 radical (unpaired) electrons. The van der Waals surface area contributed by atoms with Crippen molar-refractivity contribution in [2.45, 2.75) is 13.8 Å². The van der Waals surface area contributed by atoms with Crippen molar-refractivity contribution in [2.24, 2.45) is 0 Å². The standard InChI is InChI=1S/C27H15N2.C5H8O2.Ir/c1-2-8-18-15-19(14-13-17(18)7-1)26-25-21-10-4-6-12-24(21)29-23-11-5-3-9-20(23)22(16-28-26)27(25)29;1-4(6)3-5(2)7;/h1-14,16H;3,6H,1-2H3;/q-1;;/b;4-3-;. The van der Waals surface area contributed by atoms with Gasteiger partial charge in [-0.15, -0.1) is 29.7 Å². The number of carbonyl (C=O) groups is 1. The van der Waals surface area contributed by atoms with E-state index in [4.69, 9.17) is 10.1 Å². The molecule has 0 spiro atoms. The second-order valence-corrected chi connectivity index (χ2v) is 8.97. The summed E-state index contributed by atoms with van der Waals surface area (Å²) in [6.07, 6.45) is 3.20. The predicted molar refractivity (Wildman–Crippen MR) is 148 cm³/mol. The summed E-state index contributed by atoms with van der Waals surface area (Å²) in [6, 6.07) is 33.5. The molecule has 7 rings (SSSR count). The van der Waals surface area contributed by atoms with Gasteiger partial charge in [0.1, 0.15) is 0 Å². The van der Waals surface area contributed by atoms with Gasteiger partial charge in [-0.3, -0.25) is 9.78 Å². The van der Waals surface area contributed by atoms with Gasteiger partial charge < -0.3 is 9.51 Å². The summed E-state index contributed by atoms with van der Waals surface area (Å²) in [5, 5.41) is 15.6. The number of pyridine rings is 1. The fraction of sp³-hybridized carbons (Fsp3) is 0.0625. The van der Waals surface area contributed by atoms with Crippen LogP contribution in [0.25, 0.3) is 60.1 Å². The summed E-state index contributed by atoms with van der Waals surface area (Å²) in [4.78, 5) is 15.0. The van der Waals surface area contributed by atoms with Crippen molar-refractivity contribution in [2.75, 3.05) is 0 Å². The monoisotopic (exact) mass is 660 g/mol. The summed E-state index contributed by atoms with van der Waals surface area (Å²) < 4.78 is 2.39. The number of hydrogen-bond donors (Lipinski definition) is 1. The van der Waals surface area contributed by atoms with Crippen LogP contribution in [-0.4, -0.2) is 20.3 Å². The van der Waals surface area contributed by atoms with Crippen LogP contribution in [0.3, 0.4) is 0 Å². The van der Waals surface area contributed by atoms with Crippen molar-refractivity contribution in [3.63, 3.8) is 0 Å². The van der Waals surface area contributed by atoms with Crippen molar-refractivity contribution >= 4 is 54.7 Å². The Bertz CT molecular complexity index is 1950. The van der Waals surface area contributed by atoms with Gasteiger partial charge in [0.15, 0.2) is 5.78 Å². The molecule has 5 heteroatoms. The van der Waals surface area contributed by atoms with Crippen LogP contribution in [0.4, 0.5) is 0 Å². The third-order valence-electron chi connectivity index (χ3n) is 6.45. The molecular formula is C32H23IrN2O2-. The Hall–Kier alpha value is -4.05. The fourth-order valence-electron chi connectivity index (χ4n) is 5.09. The third-order valence-corrected chi connectivity index (χ3v) is 6.45. The summed E-state index contributed by atoms with van der Waals surface area (Å²) in [5.74, 6) is -0.0625. The minimum atomic E-state index is -0.125. The maximum Gasteiger partial charge on any atom is 0.155 e. The zero-order valence-corrected chi connectivity index (χ0v) is 22.7. The van der Waals surface area contributed by atoms with Gasteiger partial charge in [-0.25, -0.2) is 0 Å². The van der Waals surface area contributed by atoms with Crippen molar-refractivity contribution in [3.8, 4) is 11.3 Å². The second kappa shape index (κ2) is 9.78. The molecule has 0 bridgehead atoms. The van der Waals surface area contributed by atoms with E-state index in [1.165, 1.54) is 63.4 Å². The van der Waals surface area contributed by atoms with E-state index in [0.717, 1.165) is 16.6 Å². The van der Waals surface area contributed by atoms with Gasteiger partial charge in [0.25, 0.3) is 0 Å². The molecule has 0 saturated carbocycles. The summed E-state index contributed by atoms with van der Waals surface area (Å²) in [7, 11) is 0. The Balaban J connectivity index is 0.000000313. The average Bonchev–Trinajstić information content (AvgIpc) is 3.40. The molecule has 1 N–H and O–H groups in total. The molecule has 0 aliphatic carbocycles. The Morgan fingerprint density at radius 3 is 2.19 bits per heavy atom. The summed E-state index contributed by atoms with van der Waals surface area (Å²) in [5.41, 5.74) is 5.74. The third kappa shape index (κ3) is 4.16. The Labute approximate surface area is 227 Å². The van der Waals surface area contributed by atoms with Crippen LogP contribution in [0.5, 0.6) is 0 Å². The van der Waals surface area contributed by atoms with E-state index in [-0.39, 0.29) is 31.6 Å². The van der Waals surface area contributed by atoms with E-state index >= 15 is 0 Å². The van der Waals surface area contributed by atoms with Gasteiger partial charge in [0, 0.05) is 59.6 Å². The summed E-state index contributed by atoms with van der Waals surface area (Å²) >= 11 is 0. The van der Waals surface area contributed by atoms with Crippen molar-refractivity contribution in [1.82, 2.24) is 9.38 Å². The van der Waals surface area contributed by atoms with E-state index in [1.807, 2.05) is 6.20 Å². The van der Waals surface area contributed by atoms with Crippen molar-refractivity contribution < 1.29 is 30.0 Å². The van der Waals surface area contributed by atoms with E-state index in [2.05, 4.69) is 95.4 Å². The zero-order chi connectivity index (χ0) is 24.8. The minimum absolute atomic E-state index is 0. The molecule has 3 aromatic heterocycles. The maximum atomic E-state index is 10.0. The maximum absolute atomic E-state index is 10.0. The molecule has 0 unspecified atom stereocenters. The number of benzene rings is 4. The van der Waals surface area contributed by atoms with Crippen LogP contribution in [0.15, 0.2) is 103 Å². The molecule has 0 aliphatic rings. The van der Waals surface area contributed by atoms with Gasteiger partial charge in [-0.05, 0) is 26.0 Å². The van der Waals surface area contributed by atoms with Gasteiger partial charge in [0.05, 0.1) is 22.3 Å². The number of aliphatic hydroxyl groups excluding tert-OH is 1. The molecule has 3 heterocycles. The minimum Gasteiger partial charge on any atom is -0.512 e. The van der Waals surface area contributed by atoms with Crippen LogP contribution in [0.2, 0.25) is 0 Å². The number of para-hydroxylation sites is 2. The first-order valence-electron chi connectivity index (χ1n) is 11.8. The number of nitrogens with zero attached hydrogens (tertiary/aromatic N) is 2. The Kier molecular flexibility index (Phi) is 6.51. The smallest absolute Gasteiger partial charge is 0.155 e. The van der Waals surface area contributed by atoms with Crippen LogP contribution in [-0.2, 0) is 24.9 Å². The normalized spacial score (nSPS) is 11.7. The molecule has 0 aliphatic heterocycles. The SMILES string of the molecule is CC(=O)/C=C(/C)O.[Ir].[c-]1c(-c2ncc3c4ccccc4n4c5ccccc5c2c34)ccc2ccccc12. The van der Waals surface area contributed by atoms with E-state index < -0.39 is 0 Å². The number of ketones is 1. The van der Waals surface area contributed by atoms with E-state index in [9.17, 15) is 4.79 Å². The van der Waals surface area contributed by atoms with Gasteiger partial charge >= 0.3 is 0 Å². The number of carbonyl (C=O) groups excluding carboxylic acids is 1. The van der Waals surface area contributed by atoms with E-state index in [1.54, 1.807) is 0 Å². The van der Waals surface area contributed by atoms with Crippen molar-refractivity contribution in [1.29, 1.82) is 0 Å². The predicted octanol–water partition coefficient (Wildman–Crippen LogP) is 7.89. The van der Waals surface area contributed by atoms with E-state index in [0.29, 0.717) is 0 Å². The van der Waals surface area contributed by atoms with Gasteiger partial charge in [-0.2, -0.15) is 0 Å². The average molecular weight is 660 g/mol. The number of aliphatic hydroxyl groups is 1. The van der Waals surface area contributed by atoms with Crippen LogP contribution in [0.1, 0.15) is 13.8 Å². The van der Waals surface area contributed by atoms with Crippen LogP contribution < -0.4 is 0 Å². The molecule has 4 nitrogen and oxygen atoms in total. The van der Waals surface area contributed by atoms with Gasteiger partial charge in [-0.1, -0.05) is 65.5 Å². The Morgan fingerprint density at radius 1 is 0.838 bits per heavy atom. The first kappa shape index (κ1) is 24.6. The zero-order valence-electron chi connectivity index (χ0n) is 20.3. The quantitative estimate of drug-likeness (QED) is 0.117. The first-order valence-corrected chi connectivity index (χ1v) is 11.8.